The summed E-state index contributed by atoms with van der Waals surface area (Å²) < 4.78 is 0. The molecule has 1 aromatic heterocycles. The molecule has 2 heteroatoms. The third kappa shape index (κ3) is 2.47. The van der Waals surface area contributed by atoms with Crippen LogP contribution in [0.2, 0.25) is 0 Å². The lowest BCUT2D eigenvalue weighted by Gasteiger charge is -1.88. The van der Waals surface area contributed by atoms with Crippen molar-refractivity contribution in [2.75, 3.05) is 6.54 Å². The summed E-state index contributed by atoms with van der Waals surface area (Å²) in [6, 6.07) is 2.22. The maximum atomic E-state index is 5.39. The molecule has 0 aliphatic heterocycles. The molecule has 0 saturated carbocycles. The molecule has 0 atom stereocenters. The third-order valence-electron chi connectivity index (χ3n) is 1.71. The van der Waals surface area contributed by atoms with Crippen LogP contribution in [-0.2, 0) is 0 Å². The zero-order valence-corrected chi connectivity index (χ0v) is 8.45. The zero-order valence-electron chi connectivity index (χ0n) is 7.63. The Labute approximate surface area is 77.9 Å². The van der Waals surface area contributed by atoms with Crippen molar-refractivity contribution < 1.29 is 0 Å². The number of nitrogens with two attached hydrogens (primary N) is 1. The molecule has 0 radical (unpaired) electrons. The van der Waals surface area contributed by atoms with Gasteiger partial charge in [0.25, 0.3) is 0 Å². The fourth-order valence-electron chi connectivity index (χ4n) is 1.12. The standard InChI is InChI=1S/C10H15NS/c1-8-7-10(9(2)12-8)5-3-4-6-11/h3,5,7H,4,6,11H2,1-2H3. The van der Waals surface area contributed by atoms with E-state index in [-0.39, 0.29) is 0 Å². The van der Waals surface area contributed by atoms with Crippen molar-refractivity contribution in [1.29, 1.82) is 0 Å². The fourth-order valence-corrected chi connectivity index (χ4v) is 2.04. The second kappa shape index (κ2) is 4.43. The molecule has 12 heavy (non-hydrogen) atoms. The lowest BCUT2D eigenvalue weighted by Crippen LogP contribution is -1.94. The van der Waals surface area contributed by atoms with Gasteiger partial charge in [-0.15, -0.1) is 11.3 Å². The van der Waals surface area contributed by atoms with Crippen molar-refractivity contribution in [3.63, 3.8) is 0 Å². The number of thiophene rings is 1. The van der Waals surface area contributed by atoms with Crippen LogP contribution in [0.5, 0.6) is 0 Å². The average molecular weight is 181 g/mol. The first-order valence-electron chi connectivity index (χ1n) is 4.17. The van der Waals surface area contributed by atoms with Gasteiger partial charge in [0.15, 0.2) is 0 Å². The van der Waals surface area contributed by atoms with Gasteiger partial charge in [0.2, 0.25) is 0 Å². The second-order valence-corrected chi connectivity index (χ2v) is 4.31. The summed E-state index contributed by atoms with van der Waals surface area (Å²) in [4.78, 5) is 2.76. The van der Waals surface area contributed by atoms with Gasteiger partial charge < -0.3 is 5.73 Å². The first-order valence-corrected chi connectivity index (χ1v) is 4.99. The molecule has 0 saturated heterocycles. The number of rotatable bonds is 3. The molecule has 1 nitrogen and oxygen atoms in total. The zero-order chi connectivity index (χ0) is 8.97. The highest BCUT2D eigenvalue weighted by molar-refractivity contribution is 7.12. The molecule has 66 valence electrons. The topological polar surface area (TPSA) is 26.0 Å². The van der Waals surface area contributed by atoms with E-state index in [2.05, 4.69) is 32.1 Å². The van der Waals surface area contributed by atoms with E-state index in [9.17, 15) is 0 Å². The Morgan fingerprint density at radius 2 is 2.25 bits per heavy atom. The molecule has 0 amide bonds. The van der Waals surface area contributed by atoms with Crippen molar-refractivity contribution in [3.8, 4) is 0 Å². The van der Waals surface area contributed by atoms with Crippen molar-refractivity contribution in [1.82, 2.24) is 0 Å². The number of hydrogen-bond donors (Lipinski definition) is 1. The summed E-state index contributed by atoms with van der Waals surface area (Å²) in [5, 5.41) is 0. The molecule has 0 fully saturated rings. The van der Waals surface area contributed by atoms with Gasteiger partial charge in [0.1, 0.15) is 0 Å². The largest absolute Gasteiger partial charge is 0.330 e. The van der Waals surface area contributed by atoms with Gasteiger partial charge in [-0.05, 0) is 38.4 Å². The predicted octanol–water partition coefficient (Wildman–Crippen LogP) is 2.73. The molecular weight excluding hydrogens is 166 g/mol. The molecule has 0 aliphatic carbocycles. The van der Waals surface area contributed by atoms with E-state index >= 15 is 0 Å². The predicted molar refractivity (Wildman–Crippen MR) is 56.5 cm³/mol. The van der Waals surface area contributed by atoms with Crippen molar-refractivity contribution in [3.05, 3.63) is 27.5 Å². The molecule has 0 spiro atoms. The summed E-state index contributed by atoms with van der Waals surface area (Å²) >= 11 is 1.84. The Bertz CT molecular complexity index is 273. The first-order chi connectivity index (χ1) is 5.74. The Morgan fingerprint density at radius 3 is 2.75 bits per heavy atom. The van der Waals surface area contributed by atoms with Crippen LogP contribution >= 0.6 is 11.3 Å². The molecular formula is C10H15NS. The van der Waals surface area contributed by atoms with Crippen LogP contribution in [0.1, 0.15) is 21.7 Å². The molecule has 0 unspecified atom stereocenters. The van der Waals surface area contributed by atoms with Gasteiger partial charge in [0.05, 0.1) is 0 Å². The Balaban J connectivity index is 2.68. The van der Waals surface area contributed by atoms with Gasteiger partial charge in [-0.3, -0.25) is 0 Å². The molecule has 0 aromatic carbocycles. The Morgan fingerprint density at radius 1 is 1.50 bits per heavy atom. The molecule has 0 bridgehead atoms. The summed E-state index contributed by atoms with van der Waals surface area (Å²) in [6.07, 6.45) is 5.26. The highest BCUT2D eigenvalue weighted by atomic mass is 32.1. The maximum Gasteiger partial charge on any atom is 0.00892 e. The van der Waals surface area contributed by atoms with E-state index in [1.807, 2.05) is 11.3 Å². The highest BCUT2D eigenvalue weighted by Crippen LogP contribution is 2.21. The molecule has 0 aliphatic rings. The van der Waals surface area contributed by atoms with Crippen LogP contribution in [0, 0.1) is 13.8 Å². The minimum absolute atomic E-state index is 0.735. The lowest BCUT2D eigenvalue weighted by atomic mass is 10.2. The monoisotopic (exact) mass is 181 g/mol. The van der Waals surface area contributed by atoms with E-state index in [1.165, 1.54) is 15.3 Å². The van der Waals surface area contributed by atoms with E-state index in [4.69, 9.17) is 5.73 Å². The van der Waals surface area contributed by atoms with E-state index in [0.29, 0.717) is 0 Å². The van der Waals surface area contributed by atoms with Crippen LogP contribution < -0.4 is 5.73 Å². The average Bonchev–Trinajstić information content (AvgIpc) is 2.31. The van der Waals surface area contributed by atoms with Crippen molar-refractivity contribution >= 4 is 17.4 Å². The number of hydrogen-bond acceptors (Lipinski definition) is 2. The summed E-state index contributed by atoms with van der Waals surface area (Å²) in [6.45, 7) is 5.02. The Kier molecular flexibility index (Phi) is 3.50. The summed E-state index contributed by atoms with van der Waals surface area (Å²) in [7, 11) is 0. The SMILES string of the molecule is Cc1cc(C=CCCN)c(C)s1. The normalized spacial score (nSPS) is 11.2. The third-order valence-corrected chi connectivity index (χ3v) is 2.69. The van der Waals surface area contributed by atoms with Crippen LogP contribution in [0.15, 0.2) is 12.1 Å². The second-order valence-electron chi connectivity index (χ2n) is 2.85. The smallest absolute Gasteiger partial charge is 0.00892 e. The van der Waals surface area contributed by atoms with E-state index in [0.717, 1.165) is 13.0 Å². The van der Waals surface area contributed by atoms with Crippen molar-refractivity contribution in [2.45, 2.75) is 20.3 Å². The van der Waals surface area contributed by atoms with Gasteiger partial charge >= 0.3 is 0 Å². The van der Waals surface area contributed by atoms with E-state index < -0.39 is 0 Å². The van der Waals surface area contributed by atoms with Crippen LogP contribution in [-0.4, -0.2) is 6.54 Å². The fraction of sp³-hybridized carbons (Fsp3) is 0.400. The first kappa shape index (κ1) is 9.49. The molecule has 1 heterocycles. The maximum absolute atomic E-state index is 5.39. The van der Waals surface area contributed by atoms with Crippen LogP contribution in [0.3, 0.4) is 0 Å². The lowest BCUT2D eigenvalue weighted by molar-refractivity contribution is 1.01. The summed E-state index contributed by atoms with van der Waals surface area (Å²) in [5.74, 6) is 0. The quantitative estimate of drug-likeness (QED) is 0.762. The molecule has 1 rings (SSSR count). The van der Waals surface area contributed by atoms with Crippen LogP contribution in [0.4, 0.5) is 0 Å². The molecule has 1 aromatic rings. The number of aryl methyl sites for hydroxylation is 2. The van der Waals surface area contributed by atoms with Gasteiger partial charge in [-0.25, -0.2) is 0 Å². The summed E-state index contributed by atoms with van der Waals surface area (Å²) in [5.41, 5.74) is 6.73. The van der Waals surface area contributed by atoms with Gasteiger partial charge in [-0.2, -0.15) is 0 Å². The molecule has 2 N–H and O–H groups in total. The minimum Gasteiger partial charge on any atom is -0.330 e. The highest BCUT2D eigenvalue weighted by Gasteiger charge is 1.97. The van der Waals surface area contributed by atoms with Crippen molar-refractivity contribution in [2.24, 2.45) is 5.73 Å². The van der Waals surface area contributed by atoms with Gasteiger partial charge in [0, 0.05) is 9.75 Å². The Hall–Kier alpha value is -0.600. The van der Waals surface area contributed by atoms with Crippen LogP contribution in [0.25, 0.3) is 6.08 Å². The van der Waals surface area contributed by atoms with E-state index in [1.54, 1.807) is 0 Å². The minimum atomic E-state index is 0.735. The van der Waals surface area contributed by atoms with Gasteiger partial charge in [-0.1, -0.05) is 12.2 Å².